The predicted molar refractivity (Wildman–Crippen MR) is 176 cm³/mol. The summed E-state index contributed by atoms with van der Waals surface area (Å²) in [5.74, 6) is 0. The van der Waals surface area contributed by atoms with Crippen molar-refractivity contribution in [3.8, 4) is 22.5 Å². The minimum absolute atomic E-state index is 1.04. The van der Waals surface area contributed by atoms with Crippen molar-refractivity contribution in [1.29, 1.82) is 0 Å². The van der Waals surface area contributed by atoms with Crippen LogP contribution >= 0.6 is 0 Å². The SMILES string of the molecule is C(=Cc1cc2[n+](c3ccccc13)CCCc1ccc3c(c1-2)-c1cccc[n+]1CCC3)c1cc2c3c(c1)CCCN3CCC2. The number of nitrogens with zero attached hydrogens (tertiary/aromatic N) is 3. The predicted octanol–water partition coefficient (Wildman–Crippen LogP) is 7.51. The number of pyridine rings is 2. The third-order valence-corrected chi connectivity index (χ3v) is 10.4. The van der Waals surface area contributed by atoms with Gasteiger partial charge < -0.3 is 4.90 Å². The van der Waals surface area contributed by atoms with E-state index in [1.54, 1.807) is 16.8 Å². The highest BCUT2D eigenvalue weighted by Crippen LogP contribution is 2.40. The zero-order chi connectivity index (χ0) is 28.3. The van der Waals surface area contributed by atoms with Gasteiger partial charge in [0.2, 0.25) is 16.9 Å². The number of anilines is 1. The van der Waals surface area contributed by atoms with Gasteiger partial charge in [-0.1, -0.05) is 36.4 Å². The van der Waals surface area contributed by atoms with E-state index in [1.807, 2.05) is 0 Å². The Labute approximate surface area is 254 Å². The van der Waals surface area contributed by atoms with Crippen LogP contribution in [0.4, 0.5) is 5.69 Å². The van der Waals surface area contributed by atoms with Crippen molar-refractivity contribution in [2.45, 2.75) is 64.5 Å². The molecule has 0 unspecified atom stereocenters. The van der Waals surface area contributed by atoms with Gasteiger partial charge in [0.05, 0.1) is 16.5 Å². The van der Waals surface area contributed by atoms with Crippen LogP contribution in [0.15, 0.2) is 79.0 Å². The number of hydrogen-bond acceptors (Lipinski definition) is 1. The number of fused-ring (bicyclic) bond motifs is 9. The molecule has 0 amide bonds. The van der Waals surface area contributed by atoms with E-state index >= 15 is 0 Å². The minimum Gasteiger partial charge on any atom is -0.371 e. The smallest absolute Gasteiger partial charge is 0.214 e. The molecule has 0 saturated carbocycles. The first-order chi connectivity index (χ1) is 21.3. The third-order valence-electron chi connectivity index (χ3n) is 10.4. The quantitative estimate of drug-likeness (QED) is 0.203. The minimum atomic E-state index is 1.04. The lowest BCUT2D eigenvalue weighted by atomic mass is 9.88. The Morgan fingerprint density at radius 2 is 1.30 bits per heavy atom. The van der Waals surface area contributed by atoms with Gasteiger partial charge in [-0.05, 0) is 96.2 Å². The molecule has 0 saturated heterocycles. The maximum absolute atomic E-state index is 2.64. The third kappa shape index (κ3) is 4.16. The molecule has 0 aliphatic carbocycles. The van der Waals surface area contributed by atoms with Crippen molar-refractivity contribution in [3.05, 3.63) is 112 Å². The van der Waals surface area contributed by atoms with Crippen LogP contribution in [-0.4, -0.2) is 13.1 Å². The van der Waals surface area contributed by atoms with Gasteiger partial charge in [-0.3, -0.25) is 0 Å². The van der Waals surface area contributed by atoms with Gasteiger partial charge in [-0.25, -0.2) is 0 Å². The highest BCUT2D eigenvalue weighted by atomic mass is 15.1. The summed E-state index contributed by atoms with van der Waals surface area (Å²) in [7, 11) is 0. The highest BCUT2D eigenvalue weighted by Gasteiger charge is 2.33. The molecule has 5 aromatic rings. The lowest BCUT2D eigenvalue weighted by Crippen LogP contribution is -2.37. The summed E-state index contributed by atoms with van der Waals surface area (Å²) in [6, 6.07) is 28.1. The molecule has 212 valence electrons. The molecule has 0 N–H and O–H groups in total. The molecule has 9 rings (SSSR count). The van der Waals surface area contributed by atoms with Gasteiger partial charge >= 0.3 is 0 Å². The Morgan fingerprint density at radius 3 is 2.12 bits per heavy atom. The van der Waals surface area contributed by atoms with Gasteiger partial charge in [-0.2, -0.15) is 9.13 Å². The Hall–Kier alpha value is -4.24. The van der Waals surface area contributed by atoms with Crippen LogP contribution in [0, 0.1) is 0 Å². The fourth-order valence-corrected chi connectivity index (χ4v) is 8.54. The van der Waals surface area contributed by atoms with Crippen LogP contribution in [-0.2, 0) is 38.8 Å². The van der Waals surface area contributed by atoms with E-state index in [-0.39, 0.29) is 0 Å². The molecule has 0 bridgehead atoms. The maximum Gasteiger partial charge on any atom is 0.214 e. The summed E-state index contributed by atoms with van der Waals surface area (Å²) in [5.41, 5.74) is 17.3. The molecule has 2 aromatic heterocycles. The Kier molecular flexibility index (Phi) is 5.99. The van der Waals surface area contributed by atoms with E-state index in [0.717, 1.165) is 32.4 Å². The molecule has 43 heavy (non-hydrogen) atoms. The van der Waals surface area contributed by atoms with Crippen molar-refractivity contribution in [3.63, 3.8) is 0 Å². The first-order valence-electron chi connectivity index (χ1n) is 16.5. The Morgan fingerprint density at radius 1 is 0.605 bits per heavy atom. The summed E-state index contributed by atoms with van der Waals surface area (Å²) in [4.78, 5) is 2.64. The van der Waals surface area contributed by atoms with Gasteiger partial charge in [0.25, 0.3) is 0 Å². The van der Waals surface area contributed by atoms with Gasteiger partial charge in [0.15, 0.2) is 6.20 Å². The van der Waals surface area contributed by atoms with E-state index in [0.29, 0.717) is 0 Å². The second-order valence-corrected chi connectivity index (χ2v) is 13.0. The molecule has 4 aliphatic rings. The summed E-state index contributed by atoms with van der Waals surface area (Å²) in [6.07, 6.45) is 16.6. The van der Waals surface area contributed by atoms with Crippen molar-refractivity contribution in [2.24, 2.45) is 0 Å². The topological polar surface area (TPSA) is 11.0 Å². The van der Waals surface area contributed by atoms with Crippen molar-refractivity contribution in [2.75, 3.05) is 18.0 Å². The first kappa shape index (κ1) is 25.3. The molecule has 0 fully saturated rings. The summed E-state index contributed by atoms with van der Waals surface area (Å²) >= 11 is 0. The van der Waals surface area contributed by atoms with Crippen molar-refractivity contribution in [1.82, 2.24) is 0 Å². The fourth-order valence-electron chi connectivity index (χ4n) is 8.54. The van der Waals surface area contributed by atoms with Crippen LogP contribution in [0.5, 0.6) is 0 Å². The summed E-state index contributed by atoms with van der Waals surface area (Å²) in [5, 5.41) is 1.34. The standard InChI is InChI=1S/C40H39N3/c1-2-14-35-34(13-1)31(17-16-28-25-32-11-6-22-42-23-7-12-33(26-28)40(32)42)27-37-39-30(10-8-24-43(35)37)19-18-29-9-5-21-41-20-4-3-15-36(41)38(29)39/h1-4,13-20,25-27H,5-12,21-24H2/q+2. The van der Waals surface area contributed by atoms with Crippen LogP contribution in [0.25, 0.3) is 45.6 Å². The first-order valence-corrected chi connectivity index (χ1v) is 16.5. The number of rotatable bonds is 2. The van der Waals surface area contributed by atoms with E-state index < -0.39 is 0 Å². The number of aromatic nitrogens is 2. The van der Waals surface area contributed by atoms with Gasteiger partial charge in [0.1, 0.15) is 13.1 Å². The average molecular weight is 562 g/mol. The number of benzene rings is 3. The highest BCUT2D eigenvalue weighted by molar-refractivity contribution is 5.93. The number of aryl methyl sites for hydroxylation is 6. The molecule has 3 aromatic carbocycles. The molecule has 3 nitrogen and oxygen atoms in total. The molecule has 3 heteroatoms. The molecule has 4 aliphatic heterocycles. The zero-order valence-corrected chi connectivity index (χ0v) is 25.0. The maximum atomic E-state index is 2.64. The largest absolute Gasteiger partial charge is 0.371 e. The lowest BCUT2D eigenvalue weighted by molar-refractivity contribution is -0.686. The van der Waals surface area contributed by atoms with E-state index in [4.69, 9.17) is 0 Å². The lowest BCUT2D eigenvalue weighted by Gasteiger charge is -2.37. The molecular formula is C40H39N3+2. The fraction of sp³-hybridized carbons (Fsp3) is 0.300. The van der Waals surface area contributed by atoms with Crippen LogP contribution in [0.1, 0.15) is 59.1 Å². The molecule has 0 spiro atoms. The Bertz CT molecular complexity index is 1920. The van der Waals surface area contributed by atoms with Gasteiger partial charge in [-0.15, -0.1) is 0 Å². The van der Waals surface area contributed by atoms with Crippen LogP contribution in [0.3, 0.4) is 0 Å². The van der Waals surface area contributed by atoms with E-state index in [9.17, 15) is 0 Å². The van der Waals surface area contributed by atoms with E-state index in [2.05, 4.69) is 105 Å². The van der Waals surface area contributed by atoms with Crippen molar-refractivity contribution < 1.29 is 9.13 Å². The zero-order valence-electron chi connectivity index (χ0n) is 25.0. The van der Waals surface area contributed by atoms with Crippen LogP contribution in [0.2, 0.25) is 0 Å². The van der Waals surface area contributed by atoms with Crippen molar-refractivity contribution >= 4 is 28.7 Å². The molecular weight excluding hydrogens is 522 g/mol. The molecule has 0 radical (unpaired) electrons. The molecule has 6 heterocycles. The normalized spacial score (nSPS) is 17.0. The second kappa shape index (κ2) is 10.2. The second-order valence-electron chi connectivity index (χ2n) is 13.0. The summed E-state index contributed by atoms with van der Waals surface area (Å²) in [6.45, 7) is 4.57. The monoisotopic (exact) mass is 561 g/mol. The van der Waals surface area contributed by atoms with Gasteiger partial charge in [0, 0.05) is 55.9 Å². The van der Waals surface area contributed by atoms with Crippen LogP contribution < -0.4 is 14.0 Å². The average Bonchev–Trinajstić information content (AvgIpc) is 3.36. The number of para-hydroxylation sites is 1. The Balaban J connectivity index is 1.25. The summed E-state index contributed by atoms with van der Waals surface area (Å²) < 4.78 is 5.10. The van der Waals surface area contributed by atoms with E-state index in [1.165, 1.54) is 101 Å². The molecule has 0 atom stereocenters. The number of hydrogen-bond donors (Lipinski definition) is 0.